The molecule has 0 aliphatic carbocycles. The van der Waals surface area contributed by atoms with Gasteiger partial charge in [0.05, 0.1) is 6.04 Å². The van der Waals surface area contributed by atoms with Crippen molar-refractivity contribution in [2.45, 2.75) is 141 Å². The minimum atomic E-state index is -1.17. The Balaban J connectivity index is 1.61. The maximum Gasteiger partial charge on any atom is 0.326 e. The summed E-state index contributed by atoms with van der Waals surface area (Å²) in [5.41, 5.74) is 0.662. The number of hydrogen-bond donors (Lipinski definition) is 3. The molecule has 0 saturated carbocycles. The molecule has 0 aromatic heterocycles. The second-order valence-corrected chi connectivity index (χ2v) is 11.5. The van der Waals surface area contributed by atoms with Crippen LogP contribution in [0.3, 0.4) is 0 Å². The first-order valence-corrected chi connectivity index (χ1v) is 15.9. The molecule has 2 amide bonds. The largest absolute Gasteiger partial charge is 0.508 e. The van der Waals surface area contributed by atoms with E-state index in [1.165, 1.54) is 76.3 Å². The van der Waals surface area contributed by atoms with E-state index in [0.29, 0.717) is 24.9 Å². The Labute approximate surface area is 246 Å². The number of nitrogens with one attached hydrogen (secondary N) is 1. The third-order valence-corrected chi connectivity index (χ3v) is 8.05. The van der Waals surface area contributed by atoms with Gasteiger partial charge < -0.3 is 20.4 Å². The number of ketones is 1. The Hall–Kier alpha value is -2.90. The van der Waals surface area contributed by atoms with E-state index in [4.69, 9.17) is 0 Å². The van der Waals surface area contributed by atoms with Crippen molar-refractivity contribution in [2.75, 3.05) is 6.54 Å². The summed E-state index contributed by atoms with van der Waals surface area (Å²) in [4.78, 5) is 51.5. The van der Waals surface area contributed by atoms with Gasteiger partial charge in [0.15, 0.2) is 5.78 Å². The topological polar surface area (TPSA) is 124 Å². The van der Waals surface area contributed by atoms with E-state index < -0.39 is 24.0 Å². The number of likely N-dealkylation sites (tertiary alicyclic amines) is 1. The number of amides is 2. The summed E-state index contributed by atoms with van der Waals surface area (Å²) in [5.74, 6) is -1.71. The maximum atomic E-state index is 12.9. The smallest absolute Gasteiger partial charge is 0.326 e. The van der Waals surface area contributed by atoms with Gasteiger partial charge in [-0.1, -0.05) is 96.1 Å². The van der Waals surface area contributed by atoms with Crippen molar-refractivity contribution >= 4 is 23.6 Å². The van der Waals surface area contributed by atoms with Gasteiger partial charge in [0.25, 0.3) is 0 Å². The number of carboxylic acid groups (broad SMARTS) is 1. The van der Waals surface area contributed by atoms with Crippen molar-refractivity contribution < 1.29 is 29.4 Å². The molecule has 1 aromatic carbocycles. The maximum absolute atomic E-state index is 12.9. The average Bonchev–Trinajstić information content (AvgIpc) is 3.45. The second kappa shape index (κ2) is 20.1. The first kappa shape index (κ1) is 34.3. The summed E-state index contributed by atoms with van der Waals surface area (Å²) in [6.07, 6.45) is 18.0. The number of carbonyl (C=O) groups is 4. The predicted octanol–water partition coefficient (Wildman–Crippen LogP) is 6.33. The minimum absolute atomic E-state index is 0.0215. The number of nitrogens with zero attached hydrogens (tertiary/aromatic N) is 1. The molecule has 2 atom stereocenters. The highest BCUT2D eigenvalue weighted by atomic mass is 16.4. The SMILES string of the molecule is CCCCCCCCCCCCCCCC(=O)N1CCC[C@H]1C(=O)CCC(=O)N[C@@H](Cc1ccc(O)cc1)C(=O)O. The molecule has 1 saturated heterocycles. The zero-order chi connectivity index (χ0) is 29.9. The number of rotatable bonds is 22. The van der Waals surface area contributed by atoms with Gasteiger partial charge in [0.2, 0.25) is 11.8 Å². The lowest BCUT2D eigenvalue weighted by Crippen LogP contribution is -2.43. The highest BCUT2D eigenvalue weighted by molar-refractivity contribution is 5.92. The van der Waals surface area contributed by atoms with Crippen molar-refractivity contribution in [1.82, 2.24) is 10.2 Å². The number of benzene rings is 1. The Morgan fingerprint density at radius 1 is 0.829 bits per heavy atom. The van der Waals surface area contributed by atoms with Crippen LogP contribution in [-0.4, -0.2) is 57.3 Å². The number of Topliss-reactive ketones (excluding diaryl/α,β-unsaturated/α-hetero) is 1. The molecule has 0 spiro atoms. The molecule has 41 heavy (non-hydrogen) atoms. The lowest BCUT2D eigenvalue weighted by molar-refractivity contribution is -0.142. The van der Waals surface area contributed by atoms with Gasteiger partial charge in [-0.05, 0) is 37.0 Å². The first-order chi connectivity index (χ1) is 19.8. The molecule has 1 fully saturated rings. The first-order valence-electron chi connectivity index (χ1n) is 15.9. The molecule has 1 heterocycles. The van der Waals surface area contributed by atoms with Crippen LogP contribution in [-0.2, 0) is 25.6 Å². The summed E-state index contributed by atoms with van der Waals surface area (Å²) >= 11 is 0. The van der Waals surface area contributed by atoms with E-state index in [1.54, 1.807) is 17.0 Å². The van der Waals surface area contributed by atoms with Crippen molar-refractivity contribution in [3.63, 3.8) is 0 Å². The number of aromatic hydroxyl groups is 1. The van der Waals surface area contributed by atoms with Crippen LogP contribution in [0.4, 0.5) is 0 Å². The van der Waals surface area contributed by atoms with Gasteiger partial charge in [-0.15, -0.1) is 0 Å². The summed E-state index contributed by atoms with van der Waals surface area (Å²) in [6.45, 7) is 2.82. The molecule has 1 aromatic rings. The lowest BCUT2D eigenvalue weighted by atomic mass is 10.0. The minimum Gasteiger partial charge on any atom is -0.508 e. The van der Waals surface area contributed by atoms with E-state index in [9.17, 15) is 29.4 Å². The summed E-state index contributed by atoms with van der Waals surface area (Å²) in [5, 5.41) is 21.4. The quantitative estimate of drug-likeness (QED) is 0.140. The predicted molar refractivity (Wildman–Crippen MR) is 161 cm³/mol. The Morgan fingerprint density at radius 2 is 1.39 bits per heavy atom. The van der Waals surface area contributed by atoms with Crippen LogP contribution in [0.25, 0.3) is 0 Å². The summed E-state index contributed by atoms with van der Waals surface area (Å²) < 4.78 is 0. The molecule has 0 bridgehead atoms. The van der Waals surface area contributed by atoms with E-state index in [0.717, 1.165) is 25.7 Å². The van der Waals surface area contributed by atoms with Crippen molar-refractivity contribution in [3.05, 3.63) is 29.8 Å². The Kier molecular flexibility index (Phi) is 16.8. The van der Waals surface area contributed by atoms with Crippen molar-refractivity contribution in [1.29, 1.82) is 0 Å². The number of aliphatic carboxylic acids is 1. The number of phenols is 1. The molecule has 8 nitrogen and oxygen atoms in total. The standard InChI is InChI=1S/C33H52N2O6/c1-2-3-4-5-6-7-8-9-10-11-12-13-14-17-32(39)35-24-15-16-29(35)30(37)22-23-31(38)34-28(33(40)41)25-26-18-20-27(36)21-19-26/h18-21,28-29,36H,2-17,22-25H2,1H3,(H,34,38)(H,40,41)/t28-,29-/m0/s1. The zero-order valence-corrected chi connectivity index (χ0v) is 25.1. The van der Waals surface area contributed by atoms with Crippen LogP contribution in [0.1, 0.15) is 128 Å². The number of phenolic OH excluding ortho intramolecular Hbond substituents is 1. The average molecular weight is 573 g/mol. The van der Waals surface area contributed by atoms with Gasteiger partial charge in [0.1, 0.15) is 11.8 Å². The van der Waals surface area contributed by atoms with Crippen molar-refractivity contribution in [3.8, 4) is 5.75 Å². The van der Waals surface area contributed by atoms with Gasteiger partial charge in [-0.25, -0.2) is 4.79 Å². The fraction of sp³-hybridized carbons (Fsp3) is 0.697. The molecule has 8 heteroatoms. The lowest BCUT2D eigenvalue weighted by Gasteiger charge is -2.24. The molecule has 3 N–H and O–H groups in total. The third kappa shape index (κ3) is 14.0. The van der Waals surface area contributed by atoms with Crippen LogP contribution in [0.15, 0.2) is 24.3 Å². The zero-order valence-electron chi connectivity index (χ0n) is 25.1. The van der Waals surface area contributed by atoms with Gasteiger partial charge in [-0.2, -0.15) is 0 Å². The normalized spacial score (nSPS) is 15.5. The van der Waals surface area contributed by atoms with E-state index in [2.05, 4.69) is 12.2 Å². The van der Waals surface area contributed by atoms with E-state index in [-0.39, 0.29) is 36.7 Å². The van der Waals surface area contributed by atoms with E-state index >= 15 is 0 Å². The number of carbonyl (C=O) groups excluding carboxylic acids is 3. The monoisotopic (exact) mass is 572 g/mol. The molecule has 0 radical (unpaired) electrons. The highest BCUT2D eigenvalue weighted by Crippen LogP contribution is 2.22. The number of hydrogen-bond acceptors (Lipinski definition) is 5. The second-order valence-electron chi connectivity index (χ2n) is 11.5. The van der Waals surface area contributed by atoms with Crippen LogP contribution in [0, 0.1) is 0 Å². The highest BCUT2D eigenvalue weighted by Gasteiger charge is 2.33. The van der Waals surface area contributed by atoms with Crippen LogP contribution < -0.4 is 5.32 Å². The summed E-state index contributed by atoms with van der Waals surface area (Å²) in [6, 6.07) is 4.51. The number of unbranched alkanes of at least 4 members (excludes halogenated alkanes) is 12. The van der Waals surface area contributed by atoms with Crippen LogP contribution >= 0.6 is 0 Å². The van der Waals surface area contributed by atoms with Crippen molar-refractivity contribution in [2.24, 2.45) is 0 Å². The molecule has 1 aliphatic heterocycles. The molecule has 2 rings (SSSR count). The molecular formula is C33H52N2O6. The third-order valence-electron chi connectivity index (χ3n) is 8.05. The fourth-order valence-corrected chi connectivity index (χ4v) is 5.58. The molecule has 230 valence electrons. The number of carboxylic acids is 1. The van der Waals surface area contributed by atoms with Gasteiger partial charge >= 0.3 is 5.97 Å². The molecule has 0 unspecified atom stereocenters. The summed E-state index contributed by atoms with van der Waals surface area (Å²) in [7, 11) is 0. The van der Waals surface area contributed by atoms with Gasteiger partial charge in [-0.3, -0.25) is 14.4 Å². The van der Waals surface area contributed by atoms with Gasteiger partial charge in [0, 0.05) is 32.2 Å². The van der Waals surface area contributed by atoms with E-state index in [1.807, 2.05) is 0 Å². The fourth-order valence-electron chi connectivity index (χ4n) is 5.58. The molecular weight excluding hydrogens is 520 g/mol. The van der Waals surface area contributed by atoms with Crippen LogP contribution in [0.2, 0.25) is 0 Å². The van der Waals surface area contributed by atoms with Crippen LogP contribution in [0.5, 0.6) is 5.75 Å². The molecule has 1 aliphatic rings. The Morgan fingerprint density at radius 3 is 1.95 bits per heavy atom. The Bertz CT molecular complexity index is 932.